The van der Waals surface area contributed by atoms with Crippen molar-refractivity contribution >= 4 is 5.78 Å². The number of ketones is 1. The third-order valence-electron chi connectivity index (χ3n) is 1.84. The normalized spacial score (nSPS) is 8.29. The topological polar surface area (TPSA) is 17.1 Å². The van der Waals surface area contributed by atoms with E-state index in [9.17, 15) is 4.79 Å². The molecule has 1 aromatic rings. The summed E-state index contributed by atoms with van der Waals surface area (Å²) in [5, 5.41) is 0. The Morgan fingerprint density at radius 1 is 1.06 bits per heavy atom. The van der Waals surface area contributed by atoms with E-state index in [2.05, 4.69) is 26.0 Å². The quantitative estimate of drug-likeness (QED) is 0.715. The molecule has 0 heterocycles. The summed E-state index contributed by atoms with van der Waals surface area (Å²) in [6, 6.07) is 10.3. The molecule has 0 fully saturated rings. The standard InChI is InChI=1S/C11H14O.C3H8.C2H6/c1-10(12)6-5-9-11-7-3-2-4-8-11;1-3-2;1-2/h2-4,7-8H,5-6,9H2,1H3;3H2,1-2H3;1-2H3. The number of hydrogen-bond acceptors (Lipinski definition) is 1. The second-order valence-electron chi connectivity index (χ2n) is 3.75. The van der Waals surface area contributed by atoms with E-state index >= 15 is 0 Å². The number of aryl methyl sites for hydroxylation is 1. The Morgan fingerprint density at radius 3 is 1.94 bits per heavy atom. The maximum atomic E-state index is 10.6. The fourth-order valence-electron chi connectivity index (χ4n) is 1.19. The van der Waals surface area contributed by atoms with Crippen LogP contribution in [0.2, 0.25) is 0 Å². The van der Waals surface area contributed by atoms with Gasteiger partial charge in [-0.25, -0.2) is 0 Å². The monoisotopic (exact) mass is 236 g/mol. The summed E-state index contributed by atoms with van der Waals surface area (Å²) in [5.41, 5.74) is 1.32. The van der Waals surface area contributed by atoms with Crippen LogP contribution >= 0.6 is 0 Å². The number of carbonyl (C=O) groups excluding carboxylic acids is 1. The summed E-state index contributed by atoms with van der Waals surface area (Å²) in [4.78, 5) is 10.6. The molecule has 0 unspecified atom stereocenters. The predicted octanol–water partition coefficient (Wildman–Crippen LogP) is 5.04. The van der Waals surface area contributed by atoms with Crippen LogP contribution in [0.25, 0.3) is 0 Å². The molecule has 0 bridgehead atoms. The van der Waals surface area contributed by atoms with Gasteiger partial charge in [0.25, 0.3) is 0 Å². The third kappa shape index (κ3) is 14.9. The largest absolute Gasteiger partial charge is 0.300 e. The van der Waals surface area contributed by atoms with E-state index in [1.807, 2.05) is 32.0 Å². The van der Waals surface area contributed by atoms with E-state index in [-0.39, 0.29) is 5.78 Å². The number of benzene rings is 1. The molecule has 0 N–H and O–H groups in total. The molecule has 1 nitrogen and oxygen atoms in total. The first-order valence-electron chi connectivity index (χ1n) is 6.74. The van der Waals surface area contributed by atoms with Crippen LogP contribution in [0.3, 0.4) is 0 Å². The lowest BCUT2D eigenvalue weighted by atomic mass is 10.1. The maximum Gasteiger partial charge on any atom is 0.129 e. The summed E-state index contributed by atoms with van der Waals surface area (Å²) < 4.78 is 0. The molecular formula is C16H28O. The molecule has 0 saturated heterocycles. The zero-order chi connectivity index (χ0) is 13.5. The minimum atomic E-state index is 0.283. The predicted molar refractivity (Wildman–Crippen MR) is 77.4 cm³/mol. The van der Waals surface area contributed by atoms with Gasteiger partial charge in [0.15, 0.2) is 0 Å². The summed E-state index contributed by atoms with van der Waals surface area (Å²) in [7, 11) is 0. The van der Waals surface area contributed by atoms with Gasteiger partial charge in [-0.1, -0.05) is 64.4 Å². The Hall–Kier alpha value is -1.11. The van der Waals surface area contributed by atoms with Crippen molar-refractivity contribution in [2.24, 2.45) is 0 Å². The zero-order valence-corrected chi connectivity index (χ0v) is 12.1. The molecule has 1 rings (SSSR count). The number of carbonyl (C=O) groups is 1. The molecule has 0 saturated carbocycles. The van der Waals surface area contributed by atoms with E-state index in [1.165, 1.54) is 12.0 Å². The van der Waals surface area contributed by atoms with E-state index < -0.39 is 0 Å². The molecule has 0 spiro atoms. The number of Topliss-reactive ketones (excluding diaryl/α,β-unsaturated/α-hetero) is 1. The fraction of sp³-hybridized carbons (Fsp3) is 0.562. The molecule has 0 atom stereocenters. The molecule has 0 amide bonds. The molecule has 1 aromatic carbocycles. The van der Waals surface area contributed by atoms with Crippen molar-refractivity contribution < 1.29 is 4.79 Å². The molecular weight excluding hydrogens is 208 g/mol. The summed E-state index contributed by atoms with van der Waals surface area (Å²) in [6.45, 7) is 9.89. The SMILES string of the molecule is CC.CC(=O)CCCc1ccccc1.CCC. The van der Waals surface area contributed by atoms with Gasteiger partial charge in [-0.2, -0.15) is 0 Å². The smallest absolute Gasteiger partial charge is 0.129 e. The van der Waals surface area contributed by atoms with Crippen LogP contribution in [-0.2, 0) is 11.2 Å². The van der Waals surface area contributed by atoms with Gasteiger partial charge in [-0.15, -0.1) is 0 Å². The molecule has 0 aliphatic heterocycles. The highest BCUT2D eigenvalue weighted by Crippen LogP contribution is 2.04. The van der Waals surface area contributed by atoms with Gasteiger partial charge in [0, 0.05) is 6.42 Å². The first-order chi connectivity index (χ1) is 8.20. The van der Waals surface area contributed by atoms with Crippen LogP contribution in [0, 0.1) is 0 Å². The third-order valence-corrected chi connectivity index (χ3v) is 1.84. The van der Waals surface area contributed by atoms with Crippen molar-refractivity contribution in [2.75, 3.05) is 0 Å². The number of hydrogen-bond donors (Lipinski definition) is 0. The van der Waals surface area contributed by atoms with Gasteiger partial charge in [0.2, 0.25) is 0 Å². The Bertz CT molecular complexity index is 251. The highest BCUT2D eigenvalue weighted by Gasteiger charge is 1.94. The van der Waals surface area contributed by atoms with Crippen LogP contribution in [0.15, 0.2) is 30.3 Å². The van der Waals surface area contributed by atoms with Crippen molar-refractivity contribution in [3.8, 4) is 0 Å². The fourth-order valence-corrected chi connectivity index (χ4v) is 1.19. The van der Waals surface area contributed by atoms with Gasteiger partial charge >= 0.3 is 0 Å². The van der Waals surface area contributed by atoms with Crippen LogP contribution in [-0.4, -0.2) is 5.78 Å². The minimum Gasteiger partial charge on any atom is -0.300 e. The Balaban J connectivity index is 0. The van der Waals surface area contributed by atoms with E-state index in [0.717, 1.165) is 12.8 Å². The summed E-state index contributed by atoms with van der Waals surface area (Å²) >= 11 is 0. The molecule has 17 heavy (non-hydrogen) atoms. The Kier molecular flexibility index (Phi) is 16.0. The molecule has 98 valence electrons. The van der Waals surface area contributed by atoms with Gasteiger partial charge in [-0.3, -0.25) is 0 Å². The lowest BCUT2D eigenvalue weighted by molar-refractivity contribution is -0.117. The van der Waals surface area contributed by atoms with E-state index in [4.69, 9.17) is 0 Å². The van der Waals surface area contributed by atoms with Crippen molar-refractivity contribution in [1.29, 1.82) is 0 Å². The maximum absolute atomic E-state index is 10.6. The van der Waals surface area contributed by atoms with Gasteiger partial charge < -0.3 is 4.79 Å². The average molecular weight is 236 g/mol. The molecule has 0 aliphatic rings. The van der Waals surface area contributed by atoms with E-state index in [1.54, 1.807) is 6.92 Å². The first-order valence-corrected chi connectivity index (χ1v) is 6.74. The Labute approximate surface area is 107 Å². The summed E-state index contributed by atoms with van der Waals surface area (Å²) in [5.74, 6) is 0.283. The van der Waals surface area contributed by atoms with Crippen molar-refractivity contribution in [1.82, 2.24) is 0 Å². The highest BCUT2D eigenvalue weighted by atomic mass is 16.1. The van der Waals surface area contributed by atoms with Crippen molar-refractivity contribution in [3.05, 3.63) is 35.9 Å². The van der Waals surface area contributed by atoms with Crippen molar-refractivity contribution in [2.45, 2.75) is 60.3 Å². The second-order valence-corrected chi connectivity index (χ2v) is 3.75. The Morgan fingerprint density at radius 2 is 1.53 bits per heavy atom. The summed E-state index contributed by atoms with van der Waals surface area (Å²) in [6.07, 6.45) is 3.94. The van der Waals surface area contributed by atoms with Crippen LogP contribution in [0.4, 0.5) is 0 Å². The van der Waals surface area contributed by atoms with Gasteiger partial charge in [0.1, 0.15) is 5.78 Å². The van der Waals surface area contributed by atoms with Gasteiger partial charge in [-0.05, 0) is 25.3 Å². The van der Waals surface area contributed by atoms with Crippen LogP contribution in [0.1, 0.15) is 59.4 Å². The molecule has 1 heteroatoms. The van der Waals surface area contributed by atoms with Crippen LogP contribution < -0.4 is 0 Å². The minimum absolute atomic E-state index is 0.283. The zero-order valence-electron chi connectivity index (χ0n) is 12.1. The average Bonchev–Trinajstić information content (AvgIpc) is 2.33. The van der Waals surface area contributed by atoms with E-state index in [0.29, 0.717) is 6.42 Å². The highest BCUT2D eigenvalue weighted by molar-refractivity contribution is 5.75. The number of rotatable bonds is 4. The molecule has 0 radical (unpaired) electrons. The van der Waals surface area contributed by atoms with Gasteiger partial charge in [0.05, 0.1) is 0 Å². The first kappa shape index (κ1) is 18.3. The lowest BCUT2D eigenvalue weighted by Crippen LogP contribution is -1.91. The lowest BCUT2D eigenvalue weighted by Gasteiger charge is -1.98. The van der Waals surface area contributed by atoms with Crippen molar-refractivity contribution in [3.63, 3.8) is 0 Å². The molecule has 0 aliphatic carbocycles. The second kappa shape index (κ2) is 14.9. The van der Waals surface area contributed by atoms with Crippen LogP contribution in [0.5, 0.6) is 0 Å². The molecule has 0 aromatic heterocycles.